The Hall–Kier alpha value is -0.820. The first-order chi connectivity index (χ1) is 6.68. The predicted octanol–water partition coefficient (Wildman–Crippen LogP) is 3.04. The van der Waals surface area contributed by atoms with Gasteiger partial charge in [0.15, 0.2) is 0 Å². The van der Waals surface area contributed by atoms with Crippen molar-refractivity contribution in [1.82, 2.24) is 0 Å². The van der Waals surface area contributed by atoms with E-state index >= 15 is 0 Å². The summed E-state index contributed by atoms with van der Waals surface area (Å²) in [6, 6.07) is 10.7. The Kier molecular flexibility index (Phi) is 2.60. The summed E-state index contributed by atoms with van der Waals surface area (Å²) in [6.07, 6.45) is 2.34. The van der Waals surface area contributed by atoms with E-state index in [0.717, 1.165) is 13.0 Å². The molecule has 0 aromatic heterocycles. The van der Waals surface area contributed by atoms with Crippen molar-refractivity contribution in [2.75, 3.05) is 6.61 Å². The van der Waals surface area contributed by atoms with Crippen molar-refractivity contribution in [2.45, 2.75) is 32.3 Å². The maximum absolute atomic E-state index is 5.73. The first-order valence-electron chi connectivity index (χ1n) is 5.36. The summed E-state index contributed by atoms with van der Waals surface area (Å²) in [5, 5.41) is 0. The lowest BCUT2D eigenvalue weighted by Crippen LogP contribution is -2.28. The van der Waals surface area contributed by atoms with Crippen molar-refractivity contribution in [3.63, 3.8) is 0 Å². The van der Waals surface area contributed by atoms with Crippen LogP contribution in [0.4, 0.5) is 0 Å². The number of ether oxygens (including phenoxy) is 1. The normalized spacial score (nSPS) is 25.1. The zero-order valence-corrected chi connectivity index (χ0v) is 8.99. The minimum absolute atomic E-state index is 0.0653. The Bertz CT molecular complexity index is 289. The Morgan fingerprint density at radius 3 is 2.57 bits per heavy atom. The van der Waals surface area contributed by atoms with Crippen LogP contribution in [0, 0.1) is 5.92 Å². The zero-order chi connectivity index (χ0) is 10.0. The van der Waals surface area contributed by atoms with Crippen LogP contribution < -0.4 is 0 Å². The van der Waals surface area contributed by atoms with Gasteiger partial charge in [-0.05, 0) is 38.2 Å². The molecule has 1 unspecified atom stereocenters. The molecule has 1 aliphatic rings. The molecule has 1 heterocycles. The maximum Gasteiger partial charge on any atom is 0.0658 e. The maximum atomic E-state index is 5.73. The molecule has 2 rings (SSSR count). The van der Waals surface area contributed by atoms with Crippen LogP contribution in [0.15, 0.2) is 30.3 Å². The summed E-state index contributed by atoms with van der Waals surface area (Å²) in [4.78, 5) is 0. The second-order valence-electron chi connectivity index (χ2n) is 4.63. The van der Waals surface area contributed by atoms with E-state index in [-0.39, 0.29) is 5.60 Å². The molecular weight excluding hydrogens is 172 g/mol. The predicted molar refractivity (Wildman–Crippen MR) is 58.3 cm³/mol. The Morgan fingerprint density at radius 1 is 1.29 bits per heavy atom. The molecule has 1 saturated heterocycles. The van der Waals surface area contributed by atoms with Gasteiger partial charge in [0.1, 0.15) is 0 Å². The quantitative estimate of drug-likeness (QED) is 0.696. The van der Waals surface area contributed by atoms with Gasteiger partial charge in [0.2, 0.25) is 0 Å². The van der Waals surface area contributed by atoms with E-state index < -0.39 is 0 Å². The second kappa shape index (κ2) is 3.74. The molecule has 1 aliphatic heterocycles. The largest absolute Gasteiger partial charge is 0.375 e. The van der Waals surface area contributed by atoms with Crippen LogP contribution >= 0.6 is 0 Å². The highest BCUT2D eigenvalue weighted by molar-refractivity contribution is 5.16. The highest BCUT2D eigenvalue weighted by atomic mass is 16.5. The molecule has 0 aliphatic carbocycles. The van der Waals surface area contributed by atoms with Crippen molar-refractivity contribution in [2.24, 2.45) is 5.92 Å². The lowest BCUT2D eigenvalue weighted by Gasteiger charge is -2.25. The first kappa shape index (κ1) is 9.72. The van der Waals surface area contributed by atoms with Crippen LogP contribution in [0.3, 0.4) is 0 Å². The molecule has 1 aromatic rings. The molecular formula is C13H18O. The third kappa shape index (κ3) is 1.98. The van der Waals surface area contributed by atoms with Crippen molar-refractivity contribution < 1.29 is 4.74 Å². The SMILES string of the molecule is CC1(C)OCCC1Cc1ccccc1. The molecule has 0 spiro atoms. The summed E-state index contributed by atoms with van der Waals surface area (Å²) in [7, 11) is 0. The van der Waals surface area contributed by atoms with Gasteiger partial charge in [-0.2, -0.15) is 0 Å². The van der Waals surface area contributed by atoms with Gasteiger partial charge in [0, 0.05) is 6.61 Å². The van der Waals surface area contributed by atoms with E-state index in [0.29, 0.717) is 5.92 Å². The van der Waals surface area contributed by atoms with E-state index in [9.17, 15) is 0 Å². The minimum atomic E-state index is 0.0653. The number of benzene rings is 1. The summed E-state index contributed by atoms with van der Waals surface area (Å²) in [5.74, 6) is 0.671. The second-order valence-corrected chi connectivity index (χ2v) is 4.63. The molecule has 0 saturated carbocycles. The molecule has 0 N–H and O–H groups in total. The van der Waals surface area contributed by atoms with Gasteiger partial charge in [-0.25, -0.2) is 0 Å². The van der Waals surface area contributed by atoms with Crippen LogP contribution in [-0.4, -0.2) is 12.2 Å². The molecule has 1 heteroatoms. The van der Waals surface area contributed by atoms with E-state index in [2.05, 4.69) is 44.2 Å². The van der Waals surface area contributed by atoms with E-state index in [1.807, 2.05) is 0 Å². The molecule has 1 nitrogen and oxygen atoms in total. The first-order valence-corrected chi connectivity index (χ1v) is 5.36. The Balaban J connectivity index is 2.05. The van der Waals surface area contributed by atoms with Crippen LogP contribution in [0.1, 0.15) is 25.8 Å². The van der Waals surface area contributed by atoms with Crippen molar-refractivity contribution in [1.29, 1.82) is 0 Å². The molecule has 14 heavy (non-hydrogen) atoms. The van der Waals surface area contributed by atoms with E-state index in [1.54, 1.807) is 0 Å². The highest BCUT2D eigenvalue weighted by Crippen LogP contribution is 2.33. The topological polar surface area (TPSA) is 9.23 Å². The third-order valence-electron chi connectivity index (χ3n) is 3.25. The van der Waals surface area contributed by atoms with Crippen LogP contribution in [-0.2, 0) is 11.2 Å². The van der Waals surface area contributed by atoms with Crippen LogP contribution in [0.25, 0.3) is 0 Å². The standard InChI is InChI=1S/C13H18O/c1-13(2)12(8-9-14-13)10-11-6-4-3-5-7-11/h3-7,12H,8-10H2,1-2H3. The van der Waals surface area contributed by atoms with Gasteiger partial charge in [-0.15, -0.1) is 0 Å². The average molecular weight is 190 g/mol. The van der Waals surface area contributed by atoms with Gasteiger partial charge in [-0.3, -0.25) is 0 Å². The number of hydrogen-bond acceptors (Lipinski definition) is 1. The van der Waals surface area contributed by atoms with Gasteiger partial charge in [0.25, 0.3) is 0 Å². The number of hydrogen-bond donors (Lipinski definition) is 0. The molecule has 1 aromatic carbocycles. The van der Waals surface area contributed by atoms with E-state index in [4.69, 9.17) is 4.74 Å². The third-order valence-corrected chi connectivity index (χ3v) is 3.25. The fraction of sp³-hybridized carbons (Fsp3) is 0.538. The van der Waals surface area contributed by atoms with Crippen LogP contribution in [0.5, 0.6) is 0 Å². The van der Waals surface area contributed by atoms with Gasteiger partial charge < -0.3 is 4.74 Å². The Labute approximate surface area is 86.1 Å². The van der Waals surface area contributed by atoms with Gasteiger partial charge in [-0.1, -0.05) is 30.3 Å². The smallest absolute Gasteiger partial charge is 0.0658 e. The molecule has 1 atom stereocenters. The summed E-state index contributed by atoms with van der Waals surface area (Å²) >= 11 is 0. The molecule has 0 amide bonds. The molecule has 0 radical (unpaired) electrons. The van der Waals surface area contributed by atoms with Crippen molar-refractivity contribution in [3.8, 4) is 0 Å². The fourth-order valence-corrected chi connectivity index (χ4v) is 2.18. The lowest BCUT2D eigenvalue weighted by atomic mass is 9.85. The van der Waals surface area contributed by atoms with Gasteiger partial charge >= 0.3 is 0 Å². The fourth-order valence-electron chi connectivity index (χ4n) is 2.18. The summed E-state index contributed by atoms with van der Waals surface area (Å²) in [5.41, 5.74) is 1.49. The minimum Gasteiger partial charge on any atom is -0.375 e. The molecule has 0 bridgehead atoms. The van der Waals surface area contributed by atoms with Gasteiger partial charge in [0.05, 0.1) is 5.60 Å². The molecule has 76 valence electrons. The number of rotatable bonds is 2. The monoisotopic (exact) mass is 190 g/mol. The average Bonchev–Trinajstić information content (AvgIpc) is 2.48. The zero-order valence-electron chi connectivity index (χ0n) is 8.99. The summed E-state index contributed by atoms with van der Waals surface area (Å²) in [6.45, 7) is 5.33. The Morgan fingerprint density at radius 2 is 2.00 bits per heavy atom. The lowest BCUT2D eigenvalue weighted by molar-refractivity contribution is 0.0112. The molecule has 1 fully saturated rings. The summed E-state index contributed by atoms with van der Waals surface area (Å²) < 4.78 is 5.73. The van der Waals surface area contributed by atoms with Crippen molar-refractivity contribution in [3.05, 3.63) is 35.9 Å². The van der Waals surface area contributed by atoms with Crippen molar-refractivity contribution >= 4 is 0 Å². The highest BCUT2D eigenvalue weighted by Gasteiger charge is 2.35. The van der Waals surface area contributed by atoms with E-state index in [1.165, 1.54) is 12.0 Å². The van der Waals surface area contributed by atoms with Crippen LogP contribution in [0.2, 0.25) is 0 Å².